The molecule has 0 aliphatic rings. The zero-order valence-corrected chi connectivity index (χ0v) is 33.3. The topological polar surface area (TPSA) is 30.7 Å². The van der Waals surface area contributed by atoms with Gasteiger partial charge in [-0.3, -0.25) is 4.57 Å². The molecule has 12 rings (SSSR count). The fraction of sp³-hybridized carbons (Fsp3) is 0. The molecule has 9 aromatic carbocycles. The zero-order valence-electron chi connectivity index (χ0n) is 32.5. The molecule has 3 heterocycles. The minimum absolute atomic E-state index is 0.645. The first-order valence-electron chi connectivity index (χ1n) is 20.3. The number of rotatable bonds is 6. The molecule has 0 unspecified atom stereocenters. The summed E-state index contributed by atoms with van der Waals surface area (Å²) in [5, 5.41) is 5.97. The van der Waals surface area contributed by atoms with Crippen LogP contribution in [0.5, 0.6) is 0 Å². The number of thiophene rings is 1. The minimum Gasteiger partial charge on any atom is -0.277 e. The molecule has 0 saturated carbocycles. The Bertz CT molecular complexity index is 3600. The number of fused-ring (bicyclic) bond motifs is 7. The largest absolute Gasteiger partial charge is 0.277 e. The van der Waals surface area contributed by atoms with Gasteiger partial charge in [-0.2, -0.15) is 0 Å². The van der Waals surface area contributed by atoms with Gasteiger partial charge in [-0.1, -0.05) is 164 Å². The molecule has 280 valence electrons. The lowest BCUT2D eigenvalue weighted by Crippen LogP contribution is -2.04. The summed E-state index contributed by atoms with van der Waals surface area (Å²) in [5.74, 6) is 0.645. The first-order valence-corrected chi connectivity index (χ1v) is 21.1. The van der Waals surface area contributed by atoms with Crippen LogP contribution in [0.1, 0.15) is 0 Å². The summed E-state index contributed by atoms with van der Waals surface area (Å²) >= 11 is 1.86. The number of benzene rings is 9. The van der Waals surface area contributed by atoms with Crippen LogP contribution in [0.15, 0.2) is 212 Å². The number of aromatic nitrogens is 3. The van der Waals surface area contributed by atoms with Crippen molar-refractivity contribution in [2.24, 2.45) is 0 Å². The van der Waals surface area contributed by atoms with Crippen molar-refractivity contribution in [3.63, 3.8) is 0 Å². The highest BCUT2D eigenvalue weighted by Crippen LogP contribution is 2.44. The third kappa shape index (κ3) is 5.65. The molecule has 0 spiro atoms. The lowest BCUT2D eigenvalue weighted by Gasteiger charge is -2.15. The van der Waals surface area contributed by atoms with Gasteiger partial charge in [0.25, 0.3) is 0 Å². The number of hydrogen-bond acceptors (Lipinski definition) is 3. The summed E-state index contributed by atoms with van der Waals surface area (Å²) < 4.78 is 4.91. The molecule has 3 aromatic heterocycles. The monoisotopic (exact) mass is 781 g/mol. The second-order valence-electron chi connectivity index (χ2n) is 15.3. The van der Waals surface area contributed by atoms with E-state index in [1.54, 1.807) is 0 Å². The molecule has 0 atom stereocenters. The van der Waals surface area contributed by atoms with Gasteiger partial charge in [0.2, 0.25) is 5.95 Å². The second kappa shape index (κ2) is 14.0. The van der Waals surface area contributed by atoms with Gasteiger partial charge in [0.05, 0.1) is 22.2 Å². The molecule has 0 saturated heterocycles. The molecule has 12 aromatic rings. The van der Waals surface area contributed by atoms with Crippen LogP contribution >= 0.6 is 11.3 Å². The number of nitrogens with zero attached hydrogens (tertiary/aromatic N) is 3. The number of para-hydroxylation sites is 2. The van der Waals surface area contributed by atoms with E-state index in [0.29, 0.717) is 5.95 Å². The maximum absolute atomic E-state index is 5.42. The van der Waals surface area contributed by atoms with Crippen molar-refractivity contribution in [3.05, 3.63) is 212 Å². The van der Waals surface area contributed by atoms with Gasteiger partial charge < -0.3 is 0 Å². The van der Waals surface area contributed by atoms with Gasteiger partial charge in [0.15, 0.2) is 0 Å². The SMILES string of the molecule is c1ccc(-c2cc(-c3cccc(-c4cccc(-c5cccc6sc7ccccc7c56)c4)c3)c3c(c2)c2ccccc2n3-c2nc(-c3ccccc3)c3ccccc3n2)cc1. The Hall–Kier alpha value is -7.66. The molecule has 4 heteroatoms. The summed E-state index contributed by atoms with van der Waals surface area (Å²) in [6.07, 6.45) is 0. The second-order valence-corrected chi connectivity index (χ2v) is 16.4. The Morgan fingerprint density at radius 2 is 0.933 bits per heavy atom. The van der Waals surface area contributed by atoms with Crippen LogP contribution in [0.25, 0.3) is 115 Å². The van der Waals surface area contributed by atoms with Crippen LogP contribution in [0, 0.1) is 0 Å². The van der Waals surface area contributed by atoms with Crippen molar-refractivity contribution in [2.45, 2.75) is 0 Å². The summed E-state index contributed by atoms with van der Waals surface area (Å²) in [6, 6.07) is 76.3. The molecular weight excluding hydrogens is 747 g/mol. The highest BCUT2D eigenvalue weighted by molar-refractivity contribution is 7.25. The van der Waals surface area contributed by atoms with E-state index in [2.05, 4.69) is 211 Å². The quantitative estimate of drug-likeness (QED) is 0.168. The van der Waals surface area contributed by atoms with Crippen molar-refractivity contribution < 1.29 is 0 Å². The molecular formula is C56H35N3S. The van der Waals surface area contributed by atoms with E-state index in [9.17, 15) is 0 Å². The van der Waals surface area contributed by atoms with Crippen molar-refractivity contribution >= 4 is 64.2 Å². The van der Waals surface area contributed by atoms with Crippen LogP contribution < -0.4 is 0 Å². The molecule has 0 radical (unpaired) electrons. The summed E-state index contributed by atoms with van der Waals surface area (Å²) in [5.41, 5.74) is 14.4. The third-order valence-electron chi connectivity index (χ3n) is 11.8. The van der Waals surface area contributed by atoms with E-state index in [0.717, 1.165) is 66.2 Å². The lowest BCUT2D eigenvalue weighted by atomic mass is 9.92. The maximum atomic E-state index is 5.42. The molecule has 3 nitrogen and oxygen atoms in total. The Balaban J connectivity index is 1.10. The summed E-state index contributed by atoms with van der Waals surface area (Å²) in [7, 11) is 0. The fourth-order valence-corrected chi connectivity index (χ4v) is 10.2. The van der Waals surface area contributed by atoms with E-state index in [1.165, 1.54) is 42.4 Å². The van der Waals surface area contributed by atoms with Gasteiger partial charge >= 0.3 is 0 Å². The molecule has 0 fully saturated rings. The average molecular weight is 782 g/mol. The molecule has 60 heavy (non-hydrogen) atoms. The van der Waals surface area contributed by atoms with E-state index in [1.807, 2.05) is 17.4 Å². The fourth-order valence-electron chi connectivity index (χ4n) is 9.05. The van der Waals surface area contributed by atoms with Crippen molar-refractivity contribution in [3.8, 4) is 61.7 Å². The van der Waals surface area contributed by atoms with E-state index < -0.39 is 0 Å². The van der Waals surface area contributed by atoms with Crippen LogP contribution in [0.3, 0.4) is 0 Å². The van der Waals surface area contributed by atoms with Crippen LogP contribution in [-0.4, -0.2) is 14.5 Å². The molecule has 0 bridgehead atoms. The molecule has 0 aliphatic carbocycles. The van der Waals surface area contributed by atoms with E-state index >= 15 is 0 Å². The van der Waals surface area contributed by atoms with Crippen molar-refractivity contribution in [1.82, 2.24) is 14.5 Å². The number of hydrogen-bond donors (Lipinski definition) is 0. The Morgan fingerprint density at radius 1 is 0.350 bits per heavy atom. The molecule has 0 N–H and O–H groups in total. The Labute approximate surface area is 351 Å². The van der Waals surface area contributed by atoms with Crippen molar-refractivity contribution in [1.29, 1.82) is 0 Å². The van der Waals surface area contributed by atoms with Gasteiger partial charge in [0, 0.05) is 47.5 Å². The molecule has 0 amide bonds. The van der Waals surface area contributed by atoms with E-state index in [-0.39, 0.29) is 0 Å². The smallest absolute Gasteiger partial charge is 0.235 e. The highest BCUT2D eigenvalue weighted by Gasteiger charge is 2.22. The lowest BCUT2D eigenvalue weighted by molar-refractivity contribution is 1.01. The Morgan fingerprint density at radius 3 is 1.72 bits per heavy atom. The van der Waals surface area contributed by atoms with E-state index in [4.69, 9.17) is 9.97 Å². The highest BCUT2D eigenvalue weighted by atomic mass is 32.1. The standard InChI is InChI=1S/C56H35N3S/c1-3-16-36(17-4-1)42-34-47(41-23-14-21-39(33-41)38-20-13-22-40(32-38)43-27-15-31-52-53(43)46-26-9-12-30-51(46)60-52)55-48(35-42)44-24-8-11-29-50(44)59(55)56-57-49-28-10-7-25-45(49)54(58-56)37-18-5-2-6-19-37/h1-35H. The first kappa shape index (κ1) is 34.4. The van der Waals surface area contributed by atoms with Gasteiger partial charge in [-0.15, -0.1) is 11.3 Å². The van der Waals surface area contributed by atoms with Crippen LogP contribution in [0.4, 0.5) is 0 Å². The zero-order chi connectivity index (χ0) is 39.6. The van der Waals surface area contributed by atoms with Gasteiger partial charge in [0.1, 0.15) is 0 Å². The normalized spacial score (nSPS) is 11.7. The maximum Gasteiger partial charge on any atom is 0.235 e. The molecule has 0 aliphatic heterocycles. The summed E-state index contributed by atoms with van der Waals surface area (Å²) in [6.45, 7) is 0. The third-order valence-corrected chi connectivity index (χ3v) is 12.9. The Kier molecular flexibility index (Phi) is 8.03. The van der Waals surface area contributed by atoms with Gasteiger partial charge in [-0.05, 0) is 87.5 Å². The summed E-state index contributed by atoms with van der Waals surface area (Å²) in [4.78, 5) is 10.7. The minimum atomic E-state index is 0.645. The van der Waals surface area contributed by atoms with Crippen molar-refractivity contribution in [2.75, 3.05) is 0 Å². The van der Waals surface area contributed by atoms with Gasteiger partial charge in [-0.25, -0.2) is 9.97 Å². The predicted molar refractivity (Wildman–Crippen MR) is 254 cm³/mol. The predicted octanol–water partition coefficient (Wildman–Crippen LogP) is 15.4. The van der Waals surface area contributed by atoms with Crippen LogP contribution in [-0.2, 0) is 0 Å². The average Bonchev–Trinajstić information content (AvgIpc) is 3.88. The first-order chi connectivity index (χ1) is 29.7. The van der Waals surface area contributed by atoms with Crippen LogP contribution in [0.2, 0.25) is 0 Å².